The number of carbonyl (C=O) groups excluding carboxylic acids is 2. The molecule has 0 N–H and O–H groups in total. The lowest BCUT2D eigenvalue weighted by Gasteiger charge is -2.35. The van der Waals surface area contributed by atoms with Crippen LogP contribution < -0.4 is 0 Å². The quantitative estimate of drug-likeness (QED) is 0.767. The zero-order chi connectivity index (χ0) is 15.6. The Morgan fingerprint density at radius 3 is 2.19 bits per heavy atom. The second kappa shape index (κ2) is 6.81. The zero-order valence-corrected chi connectivity index (χ0v) is 13.1. The maximum absolute atomic E-state index is 13.7. The molecule has 1 saturated heterocycles. The average Bonchev–Trinajstić information content (AvgIpc) is 2.46. The minimum atomic E-state index is -1.12. The molecule has 2 amide bonds. The van der Waals surface area contributed by atoms with Gasteiger partial charge in [-0.05, 0) is 12.1 Å². The highest BCUT2D eigenvalue weighted by molar-refractivity contribution is 6.53. The van der Waals surface area contributed by atoms with Gasteiger partial charge in [-0.15, -0.1) is 0 Å². The van der Waals surface area contributed by atoms with E-state index in [4.69, 9.17) is 34.8 Å². The van der Waals surface area contributed by atoms with Crippen LogP contribution in [0.4, 0.5) is 4.39 Å². The van der Waals surface area contributed by atoms with E-state index in [1.165, 1.54) is 28.0 Å². The first kappa shape index (κ1) is 16.3. The van der Waals surface area contributed by atoms with Gasteiger partial charge in [-0.2, -0.15) is 0 Å². The van der Waals surface area contributed by atoms with Crippen LogP contribution in [0.5, 0.6) is 0 Å². The predicted molar refractivity (Wildman–Crippen MR) is 79.4 cm³/mol. The second-order valence-electron chi connectivity index (χ2n) is 4.51. The van der Waals surface area contributed by atoms with Crippen molar-refractivity contribution in [2.75, 3.05) is 26.2 Å². The molecule has 2 rings (SSSR count). The summed E-state index contributed by atoms with van der Waals surface area (Å²) < 4.78 is 13.7. The average molecular weight is 354 g/mol. The highest BCUT2D eigenvalue weighted by atomic mass is 35.5. The highest BCUT2D eigenvalue weighted by Crippen LogP contribution is 2.21. The number of benzene rings is 1. The monoisotopic (exact) mass is 352 g/mol. The lowest BCUT2D eigenvalue weighted by Crippen LogP contribution is -2.51. The molecular formula is C13H12Cl3FN2O2. The number of carbonyl (C=O) groups is 2. The molecule has 114 valence electrons. The molecule has 1 aliphatic heterocycles. The van der Waals surface area contributed by atoms with Gasteiger partial charge in [-0.25, -0.2) is 4.39 Å². The Bertz CT molecular complexity index is 540. The van der Waals surface area contributed by atoms with Crippen molar-refractivity contribution >= 4 is 46.6 Å². The van der Waals surface area contributed by atoms with Crippen molar-refractivity contribution in [2.24, 2.45) is 0 Å². The van der Waals surface area contributed by atoms with Gasteiger partial charge < -0.3 is 9.80 Å². The first-order valence-electron chi connectivity index (χ1n) is 6.22. The van der Waals surface area contributed by atoms with Crippen molar-refractivity contribution in [3.63, 3.8) is 0 Å². The number of amides is 2. The van der Waals surface area contributed by atoms with E-state index in [-0.39, 0.29) is 23.7 Å². The van der Waals surface area contributed by atoms with E-state index in [0.29, 0.717) is 13.1 Å². The summed E-state index contributed by atoms with van der Waals surface area (Å²) in [7, 11) is 0. The molecule has 0 aliphatic carbocycles. The number of alkyl halides is 2. The van der Waals surface area contributed by atoms with Gasteiger partial charge in [-0.1, -0.05) is 40.9 Å². The number of hydrogen-bond acceptors (Lipinski definition) is 2. The summed E-state index contributed by atoms with van der Waals surface area (Å²) in [5, 5.41) is 0.0695. The summed E-state index contributed by atoms with van der Waals surface area (Å²) in [5.41, 5.74) is -0.147. The minimum absolute atomic E-state index is 0.0695. The van der Waals surface area contributed by atoms with Crippen molar-refractivity contribution in [3.05, 3.63) is 34.6 Å². The van der Waals surface area contributed by atoms with Crippen molar-refractivity contribution in [1.82, 2.24) is 9.80 Å². The van der Waals surface area contributed by atoms with E-state index in [2.05, 4.69) is 0 Å². The molecule has 1 aromatic carbocycles. The smallest absolute Gasteiger partial charge is 0.258 e. The highest BCUT2D eigenvalue weighted by Gasteiger charge is 2.29. The Labute approximate surface area is 136 Å². The van der Waals surface area contributed by atoms with Crippen LogP contribution in [0.25, 0.3) is 0 Å². The first-order valence-corrected chi connectivity index (χ1v) is 7.47. The lowest BCUT2D eigenvalue weighted by molar-refractivity contribution is -0.130. The summed E-state index contributed by atoms with van der Waals surface area (Å²) in [4.78, 5) is 25.7. The largest absolute Gasteiger partial charge is 0.337 e. The van der Waals surface area contributed by atoms with E-state index in [1.54, 1.807) is 0 Å². The molecule has 0 radical (unpaired) electrons. The third kappa shape index (κ3) is 3.59. The number of hydrogen-bond donors (Lipinski definition) is 0. The maximum atomic E-state index is 13.7. The van der Waals surface area contributed by atoms with Crippen LogP contribution >= 0.6 is 34.8 Å². The summed E-state index contributed by atoms with van der Waals surface area (Å²) in [6, 6.07) is 4.08. The normalized spacial score (nSPS) is 15.5. The van der Waals surface area contributed by atoms with Gasteiger partial charge in [0.05, 0.1) is 10.6 Å². The number of nitrogens with zero attached hydrogens (tertiary/aromatic N) is 2. The Kier molecular flexibility index (Phi) is 5.30. The molecule has 1 aliphatic rings. The summed E-state index contributed by atoms with van der Waals surface area (Å²) in [5.74, 6) is -1.54. The van der Waals surface area contributed by atoms with Crippen LogP contribution in [-0.4, -0.2) is 52.6 Å². The van der Waals surface area contributed by atoms with Crippen LogP contribution in [0.2, 0.25) is 5.02 Å². The van der Waals surface area contributed by atoms with Crippen molar-refractivity contribution in [1.29, 1.82) is 0 Å². The van der Waals surface area contributed by atoms with Gasteiger partial charge >= 0.3 is 0 Å². The van der Waals surface area contributed by atoms with Gasteiger partial charge in [0.1, 0.15) is 5.82 Å². The van der Waals surface area contributed by atoms with Gasteiger partial charge in [0.2, 0.25) is 0 Å². The van der Waals surface area contributed by atoms with Gasteiger partial charge in [-0.3, -0.25) is 9.59 Å². The molecule has 1 aromatic rings. The molecule has 8 heteroatoms. The summed E-state index contributed by atoms with van der Waals surface area (Å²) in [6.07, 6.45) is 0. The van der Waals surface area contributed by atoms with Gasteiger partial charge in [0, 0.05) is 26.2 Å². The topological polar surface area (TPSA) is 40.6 Å². The molecule has 0 spiro atoms. The predicted octanol–water partition coefficient (Wildman–Crippen LogP) is 2.57. The SMILES string of the molecule is O=C(c1c(F)cccc1Cl)N1CCN(C(=O)C(Cl)Cl)CC1. The van der Waals surface area contributed by atoms with Crippen LogP contribution in [0.1, 0.15) is 10.4 Å². The molecule has 0 atom stereocenters. The number of rotatable bonds is 2. The number of halogens is 4. The third-order valence-corrected chi connectivity index (χ3v) is 3.93. The molecule has 0 saturated carbocycles. The fourth-order valence-corrected chi connectivity index (χ4v) is 2.65. The van der Waals surface area contributed by atoms with Crippen molar-refractivity contribution < 1.29 is 14.0 Å². The molecule has 1 fully saturated rings. The molecule has 0 aromatic heterocycles. The van der Waals surface area contributed by atoms with Crippen molar-refractivity contribution in [2.45, 2.75) is 4.84 Å². The van der Waals surface area contributed by atoms with Gasteiger partial charge in [0.25, 0.3) is 11.8 Å². The molecule has 4 nitrogen and oxygen atoms in total. The maximum Gasteiger partial charge on any atom is 0.258 e. The molecule has 0 bridgehead atoms. The van der Waals surface area contributed by atoms with Crippen molar-refractivity contribution in [3.8, 4) is 0 Å². The molecule has 0 unspecified atom stereocenters. The van der Waals surface area contributed by atoms with E-state index in [1.807, 2.05) is 0 Å². The lowest BCUT2D eigenvalue weighted by atomic mass is 10.1. The minimum Gasteiger partial charge on any atom is -0.337 e. The van der Waals surface area contributed by atoms with E-state index in [9.17, 15) is 14.0 Å². The third-order valence-electron chi connectivity index (χ3n) is 3.24. The summed E-state index contributed by atoms with van der Waals surface area (Å²) >= 11 is 16.9. The Morgan fingerprint density at radius 2 is 1.67 bits per heavy atom. The Hall–Kier alpha value is -1.04. The molecule has 1 heterocycles. The zero-order valence-electron chi connectivity index (χ0n) is 10.9. The van der Waals surface area contributed by atoms with Crippen LogP contribution in [0, 0.1) is 5.82 Å². The van der Waals surface area contributed by atoms with Crippen LogP contribution in [-0.2, 0) is 4.79 Å². The standard InChI is InChI=1S/C13H12Cl3FN2O2/c14-8-2-1-3-9(17)10(8)12(20)18-4-6-19(7-5-18)13(21)11(15)16/h1-3,11H,4-7H2. The summed E-state index contributed by atoms with van der Waals surface area (Å²) in [6.45, 7) is 1.14. The number of piperazine rings is 1. The molecule has 21 heavy (non-hydrogen) atoms. The second-order valence-corrected chi connectivity index (χ2v) is 6.02. The van der Waals surface area contributed by atoms with E-state index < -0.39 is 22.5 Å². The first-order chi connectivity index (χ1) is 9.91. The molecular weight excluding hydrogens is 342 g/mol. The fraction of sp³-hybridized carbons (Fsp3) is 0.385. The van der Waals surface area contributed by atoms with Crippen LogP contribution in [0.3, 0.4) is 0 Å². The van der Waals surface area contributed by atoms with E-state index >= 15 is 0 Å². The Morgan fingerprint density at radius 1 is 1.10 bits per heavy atom. The fourth-order valence-electron chi connectivity index (χ4n) is 2.13. The van der Waals surface area contributed by atoms with E-state index in [0.717, 1.165) is 0 Å². The van der Waals surface area contributed by atoms with Gasteiger partial charge in [0.15, 0.2) is 4.84 Å². The Balaban J connectivity index is 2.06. The van der Waals surface area contributed by atoms with Crippen LogP contribution in [0.15, 0.2) is 18.2 Å².